The smallest absolute Gasteiger partial charge is 0.177 e. The fourth-order valence-corrected chi connectivity index (χ4v) is 3.71. The van der Waals surface area contributed by atoms with E-state index in [-0.39, 0.29) is 0 Å². The highest BCUT2D eigenvalue weighted by Gasteiger charge is 2.23. The van der Waals surface area contributed by atoms with Gasteiger partial charge in [-0.25, -0.2) is 14.5 Å². The van der Waals surface area contributed by atoms with Crippen LogP contribution < -0.4 is 4.74 Å². The lowest BCUT2D eigenvalue weighted by Crippen LogP contribution is -1.98. The largest absolute Gasteiger partial charge is 0.496 e. The molecule has 0 radical (unpaired) electrons. The Morgan fingerprint density at radius 2 is 2.04 bits per heavy atom. The number of aromatic nitrogens is 6. The number of imidazole rings is 1. The summed E-state index contributed by atoms with van der Waals surface area (Å²) in [6, 6.07) is 6.12. The Balaban J connectivity index is 1.40. The zero-order chi connectivity index (χ0) is 18.5. The van der Waals surface area contributed by atoms with Crippen LogP contribution in [0.3, 0.4) is 0 Å². The highest BCUT2D eigenvalue weighted by Crippen LogP contribution is 2.36. The molecule has 1 aromatic carbocycles. The molecule has 0 amide bonds. The maximum Gasteiger partial charge on any atom is 0.177 e. The third kappa shape index (κ3) is 2.50. The second-order valence-electron chi connectivity index (χ2n) is 6.92. The minimum absolute atomic E-state index is 0.752. The Bertz CT molecular complexity index is 1130. The van der Waals surface area contributed by atoms with Crippen molar-refractivity contribution in [1.82, 2.24) is 29.1 Å². The average molecular weight is 360 g/mol. The molecule has 0 unspecified atom stereocenters. The first-order valence-electron chi connectivity index (χ1n) is 9.04. The number of methoxy groups -OCH3 is 1. The Morgan fingerprint density at radius 3 is 2.85 bits per heavy atom. The van der Waals surface area contributed by atoms with Gasteiger partial charge in [-0.15, -0.1) is 0 Å². The summed E-state index contributed by atoms with van der Waals surface area (Å²) in [6.45, 7) is 4.75. The molecule has 4 aromatic rings. The fraction of sp³-hybridized carbons (Fsp3) is 0.300. The molecule has 27 heavy (non-hydrogen) atoms. The van der Waals surface area contributed by atoms with Gasteiger partial charge in [-0.3, -0.25) is 4.98 Å². The molecular formula is C20H20N6O. The van der Waals surface area contributed by atoms with Gasteiger partial charge in [0.15, 0.2) is 11.5 Å². The van der Waals surface area contributed by atoms with Gasteiger partial charge in [0, 0.05) is 29.9 Å². The van der Waals surface area contributed by atoms with Crippen molar-refractivity contribution in [3.8, 4) is 17.1 Å². The molecule has 0 bridgehead atoms. The first-order chi connectivity index (χ1) is 13.1. The molecule has 7 heteroatoms. The Hall–Kier alpha value is -3.22. The summed E-state index contributed by atoms with van der Waals surface area (Å²) in [5, 5.41) is 4.62. The van der Waals surface area contributed by atoms with Crippen LogP contribution in [0.25, 0.3) is 17.0 Å². The molecule has 0 spiro atoms. The van der Waals surface area contributed by atoms with Crippen molar-refractivity contribution in [1.29, 1.82) is 0 Å². The fourth-order valence-electron chi connectivity index (χ4n) is 3.71. The van der Waals surface area contributed by atoms with Crippen molar-refractivity contribution in [3.05, 3.63) is 59.1 Å². The van der Waals surface area contributed by atoms with E-state index in [1.807, 2.05) is 36.7 Å². The van der Waals surface area contributed by atoms with Crippen LogP contribution in [0.1, 0.15) is 28.5 Å². The van der Waals surface area contributed by atoms with Crippen molar-refractivity contribution in [2.45, 2.75) is 33.2 Å². The molecule has 0 saturated carbocycles. The molecule has 0 saturated heterocycles. The van der Waals surface area contributed by atoms with Crippen LogP contribution in [0.15, 0.2) is 30.6 Å². The maximum absolute atomic E-state index is 5.48. The van der Waals surface area contributed by atoms with Crippen molar-refractivity contribution in [3.63, 3.8) is 0 Å². The minimum atomic E-state index is 0.752. The number of ether oxygens (including phenoxy) is 1. The molecule has 4 heterocycles. The van der Waals surface area contributed by atoms with Gasteiger partial charge >= 0.3 is 0 Å². The second-order valence-corrected chi connectivity index (χ2v) is 6.92. The predicted molar refractivity (Wildman–Crippen MR) is 101 cm³/mol. The Morgan fingerprint density at radius 1 is 1.15 bits per heavy atom. The van der Waals surface area contributed by atoms with Gasteiger partial charge in [-0.1, -0.05) is 12.1 Å². The number of fused-ring (bicyclic) bond motifs is 4. The Kier molecular flexibility index (Phi) is 3.50. The molecule has 5 rings (SSSR count). The summed E-state index contributed by atoms with van der Waals surface area (Å²) >= 11 is 0. The van der Waals surface area contributed by atoms with Gasteiger partial charge in [0.1, 0.15) is 11.6 Å². The van der Waals surface area contributed by atoms with E-state index in [1.54, 1.807) is 7.11 Å². The van der Waals surface area contributed by atoms with Crippen molar-refractivity contribution < 1.29 is 4.74 Å². The third-order valence-electron chi connectivity index (χ3n) is 5.11. The molecular weight excluding hydrogens is 340 g/mol. The maximum atomic E-state index is 5.48. The molecule has 0 fully saturated rings. The highest BCUT2D eigenvalue weighted by molar-refractivity contribution is 5.68. The lowest BCUT2D eigenvalue weighted by Gasteiger charge is -2.05. The van der Waals surface area contributed by atoms with Gasteiger partial charge < -0.3 is 9.30 Å². The van der Waals surface area contributed by atoms with Crippen LogP contribution >= 0.6 is 0 Å². The van der Waals surface area contributed by atoms with E-state index in [4.69, 9.17) is 9.72 Å². The quantitative estimate of drug-likeness (QED) is 0.493. The van der Waals surface area contributed by atoms with Gasteiger partial charge in [0.25, 0.3) is 0 Å². The van der Waals surface area contributed by atoms with E-state index in [0.29, 0.717) is 0 Å². The van der Waals surface area contributed by atoms with Gasteiger partial charge in [-0.2, -0.15) is 5.10 Å². The van der Waals surface area contributed by atoms with E-state index in [9.17, 15) is 0 Å². The third-order valence-corrected chi connectivity index (χ3v) is 5.11. The monoisotopic (exact) mass is 360 g/mol. The molecule has 1 aliphatic heterocycles. The first-order valence-corrected chi connectivity index (χ1v) is 9.04. The summed E-state index contributed by atoms with van der Waals surface area (Å²) in [7, 11) is 1.71. The van der Waals surface area contributed by atoms with Crippen LogP contribution in [-0.2, 0) is 19.4 Å². The molecule has 0 aliphatic carbocycles. The number of hydrogen-bond donors (Lipinski definition) is 0. The SMILES string of the molecule is COc1cccc2c1Cn1cc(CCc3nc4c(C)ncc(C)n4n3)nc1-2. The highest BCUT2D eigenvalue weighted by atomic mass is 16.5. The van der Waals surface area contributed by atoms with Crippen molar-refractivity contribution >= 4 is 5.65 Å². The molecule has 136 valence electrons. The molecule has 1 aliphatic rings. The summed E-state index contributed by atoms with van der Waals surface area (Å²) in [5.41, 5.74) is 6.13. The second kappa shape index (κ2) is 5.90. The van der Waals surface area contributed by atoms with Gasteiger partial charge in [0.05, 0.1) is 30.7 Å². The topological polar surface area (TPSA) is 70.1 Å². The number of nitrogens with zero attached hydrogens (tertiary/aromatic N) is 6. The summed E-state index contributed by atoms with van der Waals surface area (Å²) in [6.07, 6.45) is 5.51. The lowest BCUT2D eigenvalue weighted by atomic mass is 10.1. The van der Waals surface area contributed by atoms with E-state index in [1.165, 1.54) is 5.56 Å². The minimum Gasteiger partial charge on any atom is -0.496 e. The van der Waals surface area contributed by atoms with Crippen LogP contribution in [-0.4, -0.2) is 36.2 Å². The predicted octanol–water partition coefficient (Wildman–Crippen LogP) is 2.76. The number of aryl methyl sites for hydroxylation is 4. The lowest BCUT2D eigenvalue weighted by molar-refractivity contribution is 0.410. The normalized spacial score (nSPS) is 12.4. The Labute approximate surface area is 156 Å². The van der Waals surface area contributed by atoms with Crippen LogP contribution in [0.2, 0.25) is 0 Å². The standard InChI is InChI=1S/C20H20N6O/c1-12-9-21-13(2)19-23-18(24-26(12)19)8-7-14-10-25-11-16-15(20(25)22-14)5-4-6-17(16)27-3/h4-6,9-10H,7-8,11H2,1-3H3. The van der Waals surface area contributed by atoms with E-state index < -0.39 is 0 Å². The van der Waals surface area contributed by atoms with Crippen LogP contribution in [0.4, 0.5) is 0 Å². The molecule has 3 aromatic heterocycles. The molecule has 7 nitrogen and oxygen atoms in total. The van der Waals surface area contributed by atoms with E-state index in [0.717, 1.165) is 65.1 Å². The van der Waals surface area contributed by atoms with Crippen molar-refractivity contribution in [2.24, 2.45) is 0 Å². The van der Waals surface area contributed by atoms with Crippen molar-refractivity contribution in [2.75, 3.05) is 7.11 Å². The number of benzene rings is 1. The van der Waals surface area contributed by atoms with E-state index in [2.05, 4.69) is 31.9 Å². The van der Waals surface area contributed by atoms with Crippen LogP contribution in [0.5, 0.6) is 5.75 Å². The summed E-state index contributed by atoms with van der Waals surface area (Å²) in [4.78, 5) is 13.9. The number of rotatable bonds is 4. The zero-order valence-electron chi connectivity index (χ0n) is 15.6. The summed E-state index contributed by atoms with van der Waals surface area (Å²) in [5.74, 6) is 2.76. The average Bonchev–Trinajstić information content (AvgIpc) is 3.35. The number of hydrogen-bond acceptors (Lipinski definition) is 5. The molecule has 0 N–H and O–H groups in total. The van der Waals surface area contributed by atoms with Gasteiger partial charge in [-0.05, 0) is 26.3 Å². The summed E-state index contributed by atoms with van der Waals surface area (Å²) < 4.78 is 9.54. The van der Waals surface area contributed by atoms with Crippen LogP contribution in [0, 0.1) is 13.8 Å². The molecule has 0 atom stereocenters. The first kappa shape index (κ1) is 16.0. The van der Waals surface area contributed by atoms with E-state index >= 15 is 0 Å². The van der Waals surface area contributed by atoms with Gasteiger partial charge in [0.2, 0.25) is 0 Å². The zero-order valence-corrected chi connectivity index (χ0v) is 15.6.